The highest BCUT2D eigenvalue weighted by Crippen LogP contribution is 2.23. The van der Waals surface area contributed by atoms with Gasteiger partial charge in [0.2, 0.25) is 0 Å². The minimum Gasteiger partial charge on any atom is -0.422 e. The summed E-state index contributed by atoms with van der Waals surface area (Å²) in [7, 11) is 0. The van der Waals surface area contributed by atoms with Gasteiger partial charge in [-0.25, -0.2) is 9.48 Å². The Labute approximate surface area is 183 Å². The van der Waals surface area contributed by atoms with Crippen molar-refractivity contribution in [2.75, 3.05) is 6.54 Å². The second-order valence-electron chi connectivity index (χ2n) is 6.57. The van der Waals surface area contributed by atoms with Gasteiger partial charge in [-0.2, -0.15) is 10.2 Å². The Balaban J connectivity index is 1.76. The van der Waals surface area contributed by atoms with E-state index in [-0.39, 0.29) is 0 Å². The molecule has 2 aromatic carbocycles. The van der Waals surface area contributed by atoms with Gasteiger partial charge in [-0.15, -0.1) is 6.58 Å². The molecule has 0 aliphatic carbocycles. The average Bonchev–Trinajstić information content (AvgIpc) is 3.21. The van der Waals surface area contributed by atoms with Gasteiger partial charge in [0.05, 0.1) is 17.5 Å². The molecule has 0 bridgehead atoms. The van der Waals surface area contributed by atoms with Crippen molar-refractivity contribution in [2.24, 2.45) is 5.10 Å². The zero-order valence-electron chi connectivity index (χ0n) is 16.5. The zero-order chi connectivity index (χ0) is 21.6. The predicted molar refractivity (Wildman–Crippen MR) is 127 cm³/mol. The van der Waals surface area contributed by atoms with E-state index in [0.717, 1.165) is 11.1 Å². The maximum Gasteiger partial charge on any atom is 0.345 e. The molecule has 2 N–H and O–H groups in total. The minimum absolute atomic E-state index is 0.349. The van der Waals surface area contributed by atoms with E-state index >= 15 is 0 Å². The Bertz CT molecular complexity index is 1320. The molecule has 0 amide bonds. The van der Waals surface area contributed by atoms with Gasteiger partial charge in [-0.05, 0) is 36.5 Å². The molecular weight excluding hydrogens is 410 g/mol. The fraction of sp³-hybridized carbons (Fsp3) is 0.0435. The molecular formula is C23H19N5O2S. The van der Waals surface area contributed by atoms with Crippen LogP contribution in [0.25, 0.3) is 27.9 Å². The third-order valence-electron chi connectivity index (χ3n) is 4.44. The monoisotopic (exact) mass is 429 g/mol. The van der Waals surface area contributed by atoms with Crippen LogP contribution in [0, 0.1) is 0 Å². The summed E-state index contributed by atoms with van der Waals surface area (Å²) in [5.41, 5.74) is 5.08. The van der Waals surface area contributed by atoms with Crippen molar-refractivity contribution in [3.05, 3.63) is 95.5 Å². The molecule has 0 fully saturated rings. The summed E-state index contributed by atoms with van der Waals surface area (Å²) in [4.78, 5) is 12.7. The average molecular weight is 430 g/mol. The molecule has 0 spiro atoms. The maximum atomic E-state index is 12.7. The van der Waals surface area contributed by atoms with E-state index in [1.54, 1.807) is 35.3 Å². The van der Waals surface area contributed by atoms with Crippen molar-refractivity contribution in [3.63, 3.8) is 0 Å². The summed E-state index contributed by atoms with van der Waals surface area (Å²) < 4.78 is 7.19. The van der Waals surface area contributed by atoms with Crippen LogP contribution in [0.2, 0.25) is 0 Å². The first-order chi connectivity index (χ1) is 15.2. The molecule has 31 heavy (non-hydrogen) atoms. The van der Waals surface area contributed by atoms with Gasteiger partial charge >= 0.3 is 5.63 Å². The van der Waals surface area contributed by atoms with Gasteiger partial charge < -0.3 is 9.73 Å². The van der Waals surface area contributed by atoms with E-state index in [1.807, 2.05) is 48.5 Å². The smallest absolute Gasteiger partial charge is 0.345 e. The largest absolute Gasteiger partial charge is 0.422 e. The molecule has 2 aromatic heterocycles. The molecule has 154 valence electrons. The van der Waals surface area contributed by atoms with Gasteiger partial charge in [0.15, 0.2) is 5.11 Å². The summed E-state index contributed by atoms with van der Waals surface area (Å²) in [5.74, 6) is 0. The lowest BCUT2D eigenvalue weighted by Crippen LogP contribution is -2.31. The first kappa shape index (κ1) is 20.2. The first-order valence-electron chi connectivity index (χ1n) is 9.52. The molecule has 4 rings (SSSR count). The summed E-state index contributed by atoms with van der Waals surface area (Å²) in [5, 5.41) is 12.9. The SMILES string of the molecule is C=CCNC(=S)N/N=C\c1cn(-c2ccccc2)nc1-c1cc2ccccc2oc1=O. The summed E-state index contributed by atoms with van der Waals surface area (Å²) in [6.07, 6.45) is 5.06. The lowest BCUT2D eigenvalue weighted by molar-refractivity contribution is 0.563. The number of hydrogen-bond donors (Lipinski definition) is 2. The molecule has 0 aliphatic heterocycles. The van der Waals surface area contributed by atoms with Crippen LogP contribution in [0.3, 0.4) is 0 Å². The number of nitrogens with zero attached hydrogens (tertiary/aromatic N) is 3. The van der Waals surface area contributed by atoms with Crippen LogP contribution in [-0.4, -0.2) is 27.7 Å². The normalized spacial score (nSPS) is 11.0. The number of hydrazone groups is 1. The number of hydrogen-bond acceptors (Lipinski definition) is 5. The van der Waals surface area contributed by atoms with E-state index in [4.69, 9.17) is 16.6 Å². The molecule has 2 heterocycles. The Morgan fingerprint density at radius 1 is 1.19 bits per heavy atom. The van der Waals surface area contributed by atoms with Crippen LogP contribution in [0.15, 0.2) is 93.8 Å². The standard InChI is InChI=1S/C23H19N5O2S/c1-2-12-24-23(31)26-25-14-17-15-28(18-9-4-3-5-10-18)27-21(17)19-13-16-8-6-7-11-20(16)30-22(19)29/h2-11,13-15H,1,12H2,(H2,24,26,31)/b25-14-. The van der Waals surface area contributed by atoms with Crippen LogP contribution in [-0.2, 0) is 0 Å². The fourth-order valence-electron chi connectivity index (χ4n) is 3.00. The van der Waals surface area contributed by atoms with E-state index in [2.05, 4.69) is 27.5 Å². The van der Waals surface area contributed by atoms with Crippen LogP contribution >= 0.6 is 12.2 Å². The van der Waals surface area contributed by atoms with Crippen molar-refractivity contribution in [1.29, 1.82) is 0 Å². The fourth-order valence-corrected chi connectivity index (χ4v) is 3.13. The molecule has 0 atom stereocenters. The predicted octanol–water partition coefficient (Wildman–Crippen LogP) is 3.63. The molecule has 0 aliphatic rings. The van der Waals surface area contributed by atoms with Crippen molar-refractivity contribution >= 4 is 34.5 Å². The van der Waals surface area contributed by atoms with Crippen molar-refractivity contribution < 1.29 is 4.42 Å². The molecule has 0 saturated carbocycles. The highest BCUT2D eigenvalue weighted by molar-refractivity contribution is 7.80. The minimum atomic E-state index is -0.470. The highest BCUT2D eigenvalue weighted by Gasteiger charge is 2.16. The topological polar surface area (TPSA) is 84.4 Å². The van der Waals surface area contributed by atoms with Crippen LogP contribution < -0.4 is 16.4 Å². The second-order valence-corrected chi connectivity index (χ2v) is 6.98. The van der Waals surface area contributed by atoms with Gasteiger partial charge in [-0.3, -0.25) is 5.43 Å². The van der Waals surface area contributed by atoms with Crippen LogP contribution in [0.4, 0.5) is 0 Å². The molecule has 8 heteroatoms. The number of rotatable bonds is 6. The number of aromatic nitrogens is 2. The van der Waals surface area contributed by atoms with Gasteiger partial charge in [-0.1, -0.05) is 42.5 Å². The highest BCUT2D eigenvalue weighted by atomic mass is 32.1. The lowest BCUT2D eigenvalue weighted by atomic mass is 10.1. The third-order valence-corrected chi connectivity index (χ3v) is 4.67. The van der Waals surface area contributed by atoms with Gasteiger partial charge in [0.1, 0.15) is 11.3 Å². The number of benzene rings is 2. The van der Waals surface area contributed by atoms with Crippen molar-refractivity contribution in [3.8, 4) is 16.9 Å². The Kier molecular flexibility index (Phi) is 6.00. The molecule has 7 nitrogen and oxygen atoms in total. The Morgan fingerprint density at radius 3 is 2.77 bits per heavy atom. The van der Waals surface area contributed by atoms with E-state index in [1.165, 1.54) is 0 Å². The molecule has 0 saturated heterocycles. The zero-order valence-corrected chi connectivity index (χ0v) is 17.3. The third kappa shape index (κ3) is 4.59. The van der Waals surface area contributed by atoms with Gasteiger partial charge in [0, 0.05) is 23.7 Å². The van der Waals surface area contributed by atoms with E-state index in [9.17, 15) is 4.79 Å². The number of para-hydroxylation sites is 2. The van der Waals surface area contributed by atoms with Gasteiger partial charge in [0.25, 0.3) is 0 Å². The number of thiocarbonyl (C=S) groups is 1. The maximum absolute atomic E-state index is 12.7. The van der Waals surface area contributed by atoms with E-state index in [0.29, 0.717) is 34.1 Å². The quantitative estimate of drug-likeness (QED) is 0.160. The van der Waals surface area contributed by atoms with Crippen LogP contribution in [0.5, 0.6) is 0 Å². The lowest BCUT2D eigenvalue weighted by Gasteiger charge is -2.03. The summed E-state index contributed by atoms with van der Waals surface area (Å²) in [6, 6.07) is 18.7. The van der Waals surface area contributed by atoms with E-state index < -0.39 is 5.63 Å². The molecule has 0 unspecified atom stereocenters. The second kappa shape index (κ2) is 9.19. The van der Waals surface area contributed by atoms with Crippen LogP contribution in [0.1, 0.15) is 5.56 Å². The Morgan fingerprint density at radius 2 is 1.97 bits per heavy atom. The van der Waals surface area contributed by atoms with Crippen molar-refractivity contribution in [2.45, 2.75) is 0 Å². The number of nitrogens with one attached hydrogen (secondary N) is 2. The number of fused-ring (bicyclic) bond motifs is 1. The Hall–Kier alpha value is -4.04. The summed E-state index contributed by atoms with van der Waals surface area (Å²) >= 11 is 5.15. The summed E-state index contributed by atoms with van der Waals surface area (Å²) in [6.45, 7) is 4.15. The molecule has 0 radical (unpaired) electrons. The van der Waals surface area contributed by atoms with Crippen molar-refractivity contribution in [1.82, 2.24) is 20.5 Å². The first-order valence-corrected chi connectivity index (χ1v) is 9.92. The molecule has 4 aromatic rings.